The van der Waals surface area contributed by atoms with E-state index in [0.29, 0.717) is 29.6 Å². The summed E-state index contributed by atoms with van der Waals surface area (Å²) in [5.41, 5.74) is 5.59. The number of hydrogen-bond donors (Lipinski definition) is 2. The maximum absolute atomic E-state index is 12.5. The molecular formula is C15H26N6O2. The van der Waals surface area contributed by atoms with Crippen molar-refractivity contribution in [2.75, 3.05) is 14.1 Å². The van der Waals surface area contributed by atoms with E-state index in [1.54, 1.807) is 7.05 Å². The van der Waals surface area contributed by atoms with E-state index in [0.717, 1.165) is 19.3 Å². The fourth-order valence-electron chi connectivity index (χ4n) is 2.56. The van der Waals surface area contributed by atoms with Crippen LogP contribution in [-0.4, -0.2) is 44.1 Å². The summed E-state index contributed by atoms with van der Waals surface area (Å²) in [6, 6.07) is 0.483. The Bertz CT molecular complexity index is 786. The molecule has 2 aromatic rings. The maximum Gasteiger partial charge on any atom is 0.332 e. The molecule has 0 radical (unpaired) electrons. The lowest BCUT2D eigenvalue weighted by molar-refractivity contribution is 0.290. The van der Waals surface area contributed by atoms with Gasteiger partial charge in [-0.1, -0.05) is 6.42 Å². The minimum Gasteiger partial charge on any atom is -0.335 e. The summed E-state index contributed by atoms with van der Waals surface area (Å²) in [6.07, 6.45) is 2.78. The minimum absolute atomic E-state index is 0.199. The zero-order valence-corrected chi connectivity index (χ0v) is 14.3. The second kappa shape index (κ2) is 7.10. The molecule has 0 aliphatic rings. The van der Waals surface area contributed by atoms with Gasteiger partial charge in [-0.25, -0.2) is 9.78 Å². The number of rotatable bonds is 7. The Morgan fingerprint density at radius 3 is 2.61 bits per heavy atom. The lowest BCUT2D eigenvalue weighted by atomic mass is 10.1. The Balaban J connectivity index is 2.21. The minimum atomic E-state index is -0.335. The van der Waals surface area contributed by atoms with Crippen molar-refractivity contribution in [2.24, 2.45) is 12.8 Å². The van der Waals surface area contributed by atoms with Crippen LogP contribution in [0.25, 0.3) is 11.2 Å². The van der Waals surface area contributed by atoms with E-state index < -0.39 is 0 Å². The summed E-state index contributed by atoms with van der Waals surface area (Å²) >= 11 is 0. The molecule has 0 aliphatic carbocycles. The lowest BCUT2D eigenvalue weighted by Crippen LogP contribution is -2.39. The van der Waals surface area contributed by atoms with Gasteiger partial charge in [0.2, 0.25) is 0 Å². The number of hydrogen-bond acceptors (Lipinski definition) is 5. The van der Waals surface area contributed by atoms with E-state index in [-0.39, 0.29) is 17.8 Å². The third-order valence-corrected chi connectivity index (χ3v) is 4.36. The monoisotopic (exact) mass is 322 g/mol. The summed E-state index contributed by atoms with van der Waals surface area (Å²) in [4.78, 5) is 34.1. The molecule has 0 fully saturated rings. The van der Waals surface area contributed by atoms with Crippen LogP contribution in [0.15, 0.2) is 9.59 Å². The molecule has 0 saturated heterocycles. The van der Waals surface area contributed by atoms with Gasteiger partial charge < -0.3 is 15.6 Å². The molecule has 23 heavy (non-hydrogen) atoms. The quantitative estimate of drug-likeness (QED) is 0.699. The molecule has 128 valence electrons. The van der Waals surface area contributed by atoms with Crippen molar-refractivity contribution in [1.82, 2.24) is 24.0 Å². The molecule has 0 aliphatic heterocycles. The zero-order valence-electron chi connectivity index (χ0n) is 14.3. The van der Waals surface area contributed by atoms with E-state index in [9.17, 15) is 9.59 Å². The Morgan fingerprint density at radius 1 is 1.30 bits per heavy atom. The van der Waals surface area contributed by atoms with E-state index in [1.165, 1.54) is 9.13 Å². The van der Waals surface area contributed by atoms with E-state index in [2.05, 4.69) is 21.8 Å². The van der Waals surface area contributed by atoms with Crippen LogP contribution < -0.4 is 17.0 Å². The third kappa shape index (κ3) is 3.53. The first-order chi connectivity index (χ1) is 10.9. The Hall–Kier alpha value is -1.93. The van der Waals surface area contributed by atoms with Crippen molar-refractivity contribution in [3.63, 3.8) is 0 Å². The van der Waals surface area contributed by atoms with Crippen LogP contribution in [0.3, 0.4) is 0 Å². The molecule has 0 aromatic carbocycles. The number of aryl methyl sites for hydroxylation is 1. The Morgan fingerprint density at radius 2 is 2.00 bits per heavy atom. The molecule has 0 saturated carbocycles. The molecule has 0 unspecified atom stereocenters. The van der Waals surface area contributed by atoms with Gasteiger partial charge >= 0.3 is 5.69 Å². The number of aromatic amines is 1. The van der Waals surface area contributed by atoms with Crippen molar-refractivity contribution in [2.45, 2.75) is 45.3 Å². The molecule has 1 atom stereocenters. The average molecular weight is 322 g/mol. The largest absolute Gasteiger partial charge is 0.335 e. The number of fused-ring (bicyclic) bond motifs is 1. The molecule has 8 nitrogen and oxygen atoms in total. The second-order valence-electron chi connectivity index (χ2n) is 6.19. The van der Waals surface area contributed by atoms with Crippen LogP contribution in [0.1, 0.15) is 32.0 Å². The van der Waals surface area contributed by atoms with Gasteiger partial charge in [0.1, 0.15) is 11.3 Å². The van der Waals surface area contributed by atoms with Crippen LogP contribution >= 0.6 is 0 Å². The highest BCUT2D eigenvalue weighted by atomic mass is 16.2. The van der Waals surface area contributed by atoms with Gasteiger partial charge in [-0.2, -0.15) is 0 Å². The number of H-pyrrole nitrogens is 1. The fourth-order valence-corrected chi connectivity index (χ4v) is 2.56. The third-order valence-electron chi connectivity index (χ3n) is 4.36. The number of nitrogens with two attached hydrogens (primary N) is 1. The molecule has 2 heterocycles. The van der Waals surface area contributed by atoms with Gasteiger partial charge in [-0.15, -0.1) is 0 Å². The maximum atomic E-state index is 12.5. The lowest BCUT2D eigenvalue weighted by Gasteiger charge is -2.19. The van der Waals surface area contributed by atoms with E-state index in [1.807, 2.05) is 14.1 Å². The molecule has 8 heteroatoms. The Labute approximate surface area is 134 Å². The number of aromatic nitrogens is 4. The highest BCUT2D eigenvalue weighted by Crippen LogP contribution is 2.07. The van der Waals surface area contributed by atoms with Crippen LogP contribution in [0.5, 0.6) is 0 Å². The van der Waals surface area contributed by atoms with Gasteiger partial charge in [0.15, 0.2) is 5.65 Å². The summed E-state index contributed by atoms with van der Waals surface area (Å²) < 4.78 is 2.68. The molecule has 0 amide bonds. The van der Waals surface area contributed by atoms with Crippen LogP contribution in [0.2, 0.25) is 0 Å². The van der Waals surface area contributed by atoms with Crippen LogP contribution in [0, 0.1) is 0 Å². The van der Waals surface area contributed by atoms with Gasteiger partial charge in [-0.3, -0.25) is 13.9 Å². The van der Waals surface area contributed by atoms with Crippen LogP contribution in [0.4, 0.5) is 0 Å². The number of imidazole rings is 1. The molecular weight excluding hydrogens is 296 g/mol. The number of nitrogens with one attached hydrogen (secondary N) is 1. The zero-order chi connectivity index (χ0) is 17.1. The molecule has 2 aromatic heterocycles. The first-order valence-electron chi connectivity index (χ1n) is 7.91. The van der Waals surface area contributed by atoms with Crippen molar-refractivity contribution in [1.29, 1.82) is 0 Å². The number of nitrogens with zero attached hydrogens (tertiary/aromatic N) is 4. The first-order valence-corrected chi connectivity index (χ1v) is 7.91. The van der Waals surface area contributed by atoms with Gasteiger partial charge in [0.25, 0.3) is 5.56 Å². The summed E-state index contributed by atoms with van der Waals surface area (Å²) in [5, 5.41) is 0. The normalized spacial score (nSPS) is 13.1. The van der Waals surface area contributed by atoms with Crippen molar-refractivity contribution in [3.8, 4) is 0 Å². The first kappa shape index (κ1) is 17.4. The standard InChI is InChI=1S/C15H26N6O2/c1-10(19(2)3)7-5-6-8-21-14(22)12-13(20(4)15(21)23)18-11(9-16)17-12/h10H,5-9,16H2,1-4H3,(H,17,18)/t10-/m0/s1. The molecule has 0 bridgehead atoms. The summed E-state index contributed by atoms with van der Waals surface area (Å²) in [6.45, 7) is 2.78. The van der Waals surface area contributed by atoms with E-state index >= 15 is 0 Å². The molecule has 2 rings (SSSR count). The highest BCUT2D eigenvalue weighted by Gasteiger charge is 2.14. The molecule has 3 N–H and O–H groups in total. The van der Waals surface area contributed by atoms with Gasteiger partial charge in [0.05, 0.1) is 6.54 Å². The van der Waals surface area contributed by atoms with Gasteiger partial charge in [-0.05, 0) is 33.9 Å². The SMILES string of the molecule is C[C@@H](CCCCn1c(=O)c2[nH]c(CN)nc2n(C)c1=O)N(C)C. The molecule has 0 spiro atoms. The van der Waals surface area contributed by atoms with Crippen molar-refractivity contribution < 1.29 is 0 Å². The Kier molecular flexibility index (Phi) is 5.38. The summed E-state index contributed by atoms with van der Waals surface area (Å²) in [5.74, 6) is 0.504. The predicted molar refractivity (Wildman–Crippen MR) is 90.5 cm³/mol. The average Bonchev–Trinajstić information content (AvgIpc) is 2.96. The number of unbranched alkanes of at least 4 members (excludes halogenated alkanes) is 1. The van der Waals surface area contributed by atoms with Crippen molar-refractivity contribution >= 4 is 11.2 Å². The van der Waals surface area contributed by atoms with Gasteiger partial charge in [0, 0.05) is 19.6 Å². The van der Waals surface area contributed by atoms with Crippen molar-refractivity contribution in [3.05, 3.63) is 26.7 Å². The van der Waals surface area contributed by atoms with E-state index in [4.69, 9.17) is 5.73 Å². The summed E-state index contributed by atoms with van der Waals surface area (Å²) in [7, 11) is 5.72. The fraction of sp³-hybridized carbons (Fsp3) is 0.667. The second-order valence-corrected chi connectivity index (χ2v) is 6.19. The smallest absolute Gasteiger partial charge is 0.332 e. The predicted octanol–water partition coefficient (Wildman–Crippen LogP) is 0.00240. The van der Waals surface area contributed by atoms with Crippen LogP contribution in [-0.2, 0) is 20.1 Å². The highest BCUT2D eigenvalue weighted by molar-refractivity contribution is 5.69. The topological polar surface area (TPSA) is 102 Å².